The number of hydrogen-bond acceptors (Lipinski definition) is 9. The lowest BCUT2D eigenvalue weighted by Gasteiger charge is -2.27. The Morgan fingerprint density at radius 3 is 2.59 bits per heavy atom. The fourth-order valence-corrected chi connectivity index (χ4v) is 6.51. The first kappa shape index (κ1) is 32.9. The lowest BCUT2D eigenvalue weighted by Crippen LogP contribution is -2.40. The number of aromatic nitrogens is 2. The van der Waals surface area contributed by atoms with Gasteiger partial charge in [-0.25, -0.2) is 13.4 Å². The molecule has 11 nitrogen and oxygen atoms in total. The van der Waals surface area contributed by atoms with Gasteiger partial charge in [-0.05, 0) is 54.8 Å². The van der Waals surface area contributed by atoms with E-state index in [9.17, 15) is 31.2 Å². The standard InChI is InChI=1S/C31H33F3N6O5S/c1-3-28(41)40-11-9-24(19-40)37-30-35-10-8-27(38-30)45-26-16-21(5-4-20(26)2)29(42)36-23-7-6-22(25(17-23)31(32,33)34)18-39-12-14-46(43,44)15-13-39/h3-8,10,16-17,24H,1,9,11-15,18-19H2,2H3,(H,36,42)(H,35,37,38). The van der Waals surface area contributed by atoms with Gasteiger partial charge in [-0.15, -0.1) is 0 Å². The average molecular weight is 659 g/mol. The van der Waals surface area contributed by atoms with Gasteiger partial charge in [0.1, 0.15) is 5.75 Å². The molecule has 5 rings (SSSR count). The van der Waals surface area contributed by atoms with E-state index in [1.54, 1.807) is 28.9 Å². The zero-order valence-corrected chi connectivity index (χ0v) is 25.8. The molecule has 2 aromatic carbocycles. The van der Waals surface area contributed by atoms with E-state index in [-0.39, 0.29) is 65.8 Å². The minimum atomic E-state index is -4.69. The molecule has 0 radical (unpaired) electrons. The van der Waals surface area contributed by atoms with Gasteiger partial charge in [-0.3, -0.25) is 14.5 Å². The number of halogens is 3. The number of amides is 2. The highest BCUT2D eigenvalue weighted by Crippen LogP contribution is 2.35. The number of anilines is 2. The van der Waals surface area contributed by atoms with Crippen LogP contribution in [0.3, 0.4) is 0 Å². The van der Waals surface area contributed by atoms with Crippen molar-refractivity contribution in [3.05, 3.63) is 83.6 Å². The summed E-state index contributed by atoms with van der Waals surface area (Å²) < 4.78 is 71.4. The summed E-state index contributed by atoms with van der Waals surface area (Å²) in [6, 6.07) is 9.71. The van der Waals surface area contributed by atoms with Gasteiger partial charge in [0.2, 0.25) is 17.7 Å². The first-order chi connectivity index (χ1) is 21.8. The van der Waals surface area contributed by atoms with Crippen LogP contribution >= 0.6 is 0 Å². The molecular weight excluding hydrogens is 625 g/mol. The summed E-state index contributed by atoms with van der Waals surface area (Å²) in [7, 11) is -3.17. The minimum absolute atomic E-state index is 0.00922. The van der Waals surface area contributed by atoms with E-state index >= 15 is 0 Å². The number of sulfone groups is 1. The van der Waals surface area contributed by atoms with E-state index in [0.717, 1.165) is 6.07 Å². The average Bonchev–Trinajstić information content (AvgIpc) is 3.47. The topological polar surface area (TPSA) is 134 Å². The normalized spacial score (nSPS) is 18.2. The smallest absolute Gasteiger partial charge is 0.416 e. The second-order valence-electron chi connectivity index (χ2n) is 11.2. The summed E-state index contributed by atoms with van der Waals surface area (Å²) in [6.07, 6.45) is -1.20. The van der Waals surface area contributed by atoms with E-state index in [1.807, 2.05) is 0 Å². The Labute approximate surface area is 264 Å². The maximum absolute atomic E-state index is 14.0. The Kier molecular flexibility index (Phi) is 9.63. The van der Waals surface area contributed by atoms with Crippen LogP contribution < -0.4 is 15.4 Å². The zero-order chi connectivity index (χ0) is 33.1. The van der Waals surface area contributed by atoms with Crippen molar-refractivity contribution in [1.29, 1.82) is 0 Å². The number of alkyl halides is 3. The number of ether oxygens (including phenoxy) is 1. The van der Waals surface area contributed by atoms with Crippen LogP contribution in [-0.2, 0) is 27.4 Å². The second-order valence-corrected chi connectivity index (χ2v) is 13.5. The largest absolute Gasteiger partial charge is 0.439 e. The molecule has 1 aromatic heterocycles. The fourth-order valence-electron chi connectivity index (χ4n) is 5.23. The molecule has 2 N–H and O–H groups in total. The first-order valence-electron chi connectivity index (χ1n) is 14.5. The molecule has 1 atom stereocenters. The fraction of sp³-hybridized carbons (Fsp3) is 0.355. The molecule has 0 saturated carbocycles. The van der Waals surface area contributed by atoms with Gasteiger partial charge in [0.05, 0.1) is 17.1 Å². The molecule has 2 amide bonds. The summed E-state index contributed by atoms with van der Waals surface area (Å²) in [6.45, 7) is 6.59. The van der Waals surface area contributed by atoms with Gasteiger partial charge in [-0.1, -0.05) is 18.7 Å². The van der Waals surface area contributed by atoms with E-state index < -0.39 is 27.5 Å². The molecule has 2 fully saturated rings. The highest BCUT2D eigenvalue weighted by atomic mass is 32.2. The maximum Gasteiger partial charge on any atom is 0.416 e. The van der Waals surface area contributed by atoms with Gasteiger partial charge < -0.3 is 20.3 Å². The van der Waals surface area contributed by atoms with Crippen LogP contribution in [0.1, 0.15) is 33.5 Å². The molecule has 3 heterocycles. The van der Waals surface area contributed by atoms with Crippen LogP contribution in [0.5, 0.6) is 11.6 Å². The third kappa shape index (κ3) is 8.20. The van der Waals surface area contributed by atoms with Crippen LogP contribution in [0.2, 0.25) is 0 Å². The summed E-state index contributed by atoms with van der Waals surface area (Å²) >= 11 is 0. The monoisotopic (exact) mass is 658 g/mol. The van der Waals surface area contributed by atoms with Crippen LogP contribution in [0.15, 0.2) is 61.3 Å². The summed E-state index contributed by atoms with van der Waals surface area (Å²) in [5.41, 5.74) is -0.119. The van der Waals surface area contributed by atoms with E-state index in [0.29, 0.717) is 36.8 Å². The van der Waals surface area contributed by atoms with Gasteiger partial charge in [0.15, 0.2) is 9.84 Å². The van der Waals surface area contributed by atoms with Crippen molar-refractivity contribution in [1.82, 2.24) is 19.8 Å². The Balaban J connectivity index is 1.26. The Hall–Kier alpha value is -4.50. The number of rotatable bonds is 9. The summed E-state index contributed by atoms with van der Waals surface area (Å²) in [4.78, 5) is 36.9. The van der Waals surface area contributed by atoms with E-state index in [4.69, 9.17) is 4.74 Å². The molecule has 2 aliphatic rings. The van der Waals surface area contributed by atoms with Crippen molar-refractivity contribution in [3.8, 4) is 11.6 Å². The first-order valence-corrected chi connectivity index (χ1v) is 16.4. The van der Waals surface area contributed by atoms with Crippen molar-refractivity contribution in [2.24, 2.45) is 0 Å². The third-order valence-electron chi connectivity index (χ3n) is 7.81. The predicted octanol–water partition coefficient (Wildman–Crippen LogP) is 4.28. The molecule has 46 heavy (non-hydrogen) atoms. The number of benzene rings is 2. The maximum atomic E-state index is 14.0. The highest BCUT2D eigenvalue weighted by molar-refractivity contribution is 7.91. The molecule has 0 aliphatic carbocycles. The minimum Gasteiger partial charge on any atom is -0.439 e. The molecule has 0 spiro atoms. The SMILES string of the molecule is C=CC(=O)N1CCC(Nc2nccc(Oc3cc(C(=O)Nc4ccc(CN5CCS(=O)(=O)CC5)c(C(F)(F)F)c4)ccc3C)n2)C1. The summed E-state index contributed by atoms with van der Waals surface area (Å²) in [5, 5.41) is 5.72. The van der Waals surface area contributed by atoms with Gasteiger partial charge >= 0.3 is 6.18 Å². The Bertz CT molecular complexity index is 1740. The molecule has 2 aliphatic heterocycles. The van der Waals surface area contributed by atoms with Crippen LogP contribution in [0.4, 0.5) is 24.8 Å². The lowest BCUT2D eigenvalue weighted by atomic mass is 10.0. The number of likely N-dealkylation sites (tertiary alicyclic amines) is 1. The van der Waals surface area contributed by atoms with Crippen molar-refractivity contribution in [2.45, 2.75) is 32.1 Å². The Morgan fingerprint density at radius 2 is 1.87 bits per heavy atom. The van der Waals surface area contributed by atoms with Gasteiger partial charge in [-0.2, -0.15) is 18.2 Å². The molecule has 15 heteroatoms. The number of hydrogen-bond donors (Lipinski definition) is 2. The molecule has 3 aromatic rings. The molecule has 1 unspecified atom stereocenters. The number of nitrogens with zero attached hydrogens (tertiary/aromatic N) is 4. The van der Waals surface area contributed by atoms with Crippen molar-refractivity contribution in [2.75, 3.05) is 48.3 Å². The molecular formula is C31H33F3N6O5S. The highest BCUT2D eigenvalue weighted by Gasteiger charge is 2.35. The van der Waals surface area contributed by atoms with Crippen molar-refractivity contribution in [3.63, 3.8) is 0 Å². The quantitative estimate of drug-likeness (QED) is 0.323. The number of aryl methyl sites for hydroxylation is 1. The second kappa shape index (κ2) is 13.5. The number of carbonyl (C=O) groups is 2. The van der Waals surface area contributed by atoms with Crippen LogP contribution in [-0.4, -0.2) is 83.7 Å². The van der Waals surface area contributed by atoms with E-state index in [1.165, 1.54) is 36.5 Å². The number of carbonyl (C=O) groups excluding carboxylic acids is 2. The zero-order valence-electron chi connectivity index (χ0n) is 25.0. The van der Waals surface area contributed by atoms with Crippen LogP contribution in [0, 0.1) is 6.92 Å². The lowest BCUT2D eigenvalue weighted by molar-refractivity contribution is -0.138. The van der Waals surface area contributed by atoms with Crippen molar-refractivity contribution < 1.29 is 35.9 Å². The molecule has 2 saturated heterocycles. The Morgan fingerprint density at radius 1 is 1.11 bits per heavy atom. The van der Waals surface area contributed by atoms with Gasteiger partial charge in [0, 0.05) is 62.3 Å². The third-order valence-corrected chi connectivity index (χ3v) is 9.42. The van der Waals surface area contributed by atoms with Crippen molar-refractivity contribution >= 4 is 33.3 Å². The number of nitrogens with one attached hydrogen (secondary N) is 2. The molecule has 244 valence electrons. The summed E-state index contributed by atoms with van der Waals surface area (Å²) in [5.74, 6) is -0.165. The predicted molar refractivity (Wildman–Crippen MR) is 165 cm³/mol. The van der Waals surface area contributed by atoms with E-state index in [2.05, 4.69) is 27.2 Å². The van der Waals surface area contributed by atoms with Gasteiger partial charge in [0.25, 0.3) is 5.91 Å². The van der Waals surface area contributed by atoms with Crippen LogP contribution in [0.25, 0.3) is 0 Å². The molecule has 0 bridgehead atoms.